The van der Waals surface area contributed by atoms with Crippen molar-refractivity contribution in [2.45, 2.75) is 78.6 Å². The number of nitrogens with zero attached hydrogens (tertiary/aromatic N) is 4. The minimum Gasteiger partial charge on any atom is -0.458 e. The highest BCUT2D eigenvalue weighted by atomic mass is 16.5. The van der Waals surface area contributed by atoms with Crippen molar-refractivity contribution >= 4 is 32.8 Å². The Hall–Kier alpha value is -8.02. The lowest BCUT2D eigenvalue weighted by Gasteiger charge is -2.27. The smallest absolute Gasteiger partial charge is 0.269 e. The minimum absolute atomic E-state index is 0.00233. The molecule has 350 valence electrons. The molecule has 11 rings (SSSR count). The molecule has 0 aliphatic rings. The van der Waals surface area contributed by atoms with Crippen molar-refractivity contribution in [1.29, 1.82) is 0 Å². The van der Waals surface area contributed by atoms with Gasteiger partial charge in [-0.25, -0.2) is 4.98 Å². The van der Waals surface area contributed by atoms with Gasteiger partial charge >= 0.3 is 0 Å². The van der Waals surface area contributed by atoms with Crippen LogP contribution < -0.4 is 9.30 Å². The summed E-state index contributed by atoms with van der Waals surface area (Å²) in [6.07, 6.45) is 5.49. The van der Waals surface area contributed by atoms with E-state index in [-0.39, 0.29) is 51.5 Å². The average Bonchev–Trinajstić information content (AvgIpc) is 3.14. The molecule has 0 bridgehead atoms. The van der Waals surface area contributed by atoms with Crippen LogP contribution in [0.2, 0.25) is 0 Å². The molecule has 0 radical (unpaired) electrons. The summed E-state index contributed by atoms with van der Waals surface area (Å²) in [4.78, 5) is 4.87. The summed E-state index contributed by atoms with van der Waals surface area (Å²) in [6.45, 7) is 19.5. The topological polar surface area (TPSA) is 35.9 Å². The fraction of sp³-hybridized carbons (Fsp3) is 0.182. The second kappa shape index (κ2) is 17.4. The van der Waals surface area contributed by atoms with Crippen LogP contribution in [0.25, 0.3) is 83.4 Å². The van der Waals surface area contributed by atoms with Crippen LogP contribution in [0.15, 0.2) is 200 Å². The molecule has 0 saturated carbocycles. The summed E-state index contributed by atoms with van der Waals surface area (Å²) in [5.41, 5.74) is 8.91. The molecule has 0 unspecified atom stereocenters. The van der Waals surface area contributed by atoms with Gasteiger partial charge in [0, 0.05) is 23.0 Å². The van der Waals surface area contributed by atoms with E-state index in [4.69, 9.17) is 20.7 Å². The van der Waals surface area contributed by atoms with Gasteiger partial charge in [-0.3, -0.25) is 13.7 Å². The standard InChI is InChI=1S/C66H60N4O/c1-64(2,3)48-34-35-67-62(40-48)70-58-29-17-16-26-56(58)57-32-31-53(42-60(57)70)71-52-25-18-24-51(41-52)68-43-69(59-33-30-46(38-61(59)68)44-20-12-10-13-21-44)63-54(45-22-14-11-15-23-45)27-19-28-55(63)47-36-49(65(4,5)6)39-50(37-47)66(7,8)9/h10-42H,1-9H3/i10D,11D,12D,13D,14D,15D,20D,21D,22D,23D. The molecular weight excluding hydrogens is 865 g/mol. The number of benzene rings is 8. The van der Waals surface area contributed by atoms with E-state index in [1.807, 2.05) is 76.0 Å². The first-order chi connectivity index (χ1) is 38.2. The van der Waals surface area contributed by atoms with Crippen molar-refractivity contribution in [3.63, 3.8) is 0 Å². The van der Waals surface area contributed by atoms with E-state index in [0.29, 0.717) is 50.6 Å². The minimum atomic E-state index is -0.512. The van der Waals surface area contributed by atoms with Gasteiger partial charge in [0.2, 0.25) is 0 Å². The largest absolute Gasteiger partial charge is 0.458 e. The third-order valence-electron chi connectivity index (χ3n) is 13.2. The van der Waals surface area contributed by atoms with Crippen LogP contribution in [-0.4, -0.2) is 14.1 Å². The quantitative estimate of drug-likeness (QED) is 0.112. The van der Waals surface area contributed by atoms with Gasteiger partial charge in [0.1, 0.15) is 17.3 Å². The molecule has 0 aliphatic carbocycles. The summed E-state index contributed by atoms with van der Waals surface area (Å²) >= 11 is 0. The lowest BCUT2D eigenvalue weighted by molar-refractivity contribution is -0.571. The molecule has 5 heteroatoms. The normalized spacial score (nSPS) is 14.3. The molecule has 0 saturated heterocycles. The van der Waals surface area contributed by atoms with E-state index in [1.54, 1.807) is 24.3 Å². The summed E-state index contributed by atoms with van der Waals surface area (Å²) in [5, 5.41) is 2.11. The number of fused-ring (bicyclic) bond motifs is 4. The van der Waals surface area contributed by atoms with Crippen LogP contribution in [0.5, 0.6) is 11.5 Å². The van der Waals surface area contributed by atoms with Crippen LogP contribution in [-0.2, 0) is 16.2 Å². The number of rotatable bonds is 8. The number of hydrogen-bond acceptors (Lipinski definition) is 2. The number of ether oxygens (including phenoxy) is 1. The van der Waals surface area contributed by atoms with Gasteiger partial charge in [0.15, 0.2) is 0 Å². The maximum absolute atomic E-state index is 9.33. The molecule has 71 heavy (non-hydrogen) atoms. The fourth-order valence-corrected chi connectivity index (χ4v) is 9.36. The van der Waals surface area contributed by atoms with E-state index >= 15 is 0 Å². The van der Waals surface area contributed by atoms with Crippen LogP contribution in [0.4, 0.5) is 0 Å². The van der Waals surface area contributed by atoms with Crippen molar-refractivity contribution in [3.8, 4) is 62.1 Å². The van der Waals surface area contributed by atoms with Gasteiger partial charge in [0.05, 0.1) is 47.1 Å². The third-order valence-corrected chi connectivity index (χ3v) is 13.2. The van der Waals surface area contributed by atoms with Crippen LogP contribution in [0.3, 0.4) is 0 Å². The molecule has 0 atom stereocenters. The maximum Gasteiger partial charge on any atom is 0.269 e. The molecule has 0 aliphatic heterocycles. The highest BCUT2D eigenvalue weighted by molar-refractivity contribution is 6.09. The monoisotopic (exact) mass is 935 g/mol. The Kier molecular flexibility index (Phi) is 8.63. The van der Waals surface area contributed by atoms with Crippen molar-refractivity contribution in [2.24, 2.45) is 0 Å². The molecule has 5 nitrogen and oxygen atoms in total. The van der Waals surface area contributed by atoms with Gasteiger partial charge in [0.25, 0.3) is 6.33 Å². The Balaban J connectivity index is 1.17. The number of hydrogen-bond donors (Lipinski definition) is 0. The van der Waals surface area contributed by atoms with Gasteiger partial charge < -0.3 is 4.74 Å². The van der Waals surface area contributed by atoms with E-state index < -0.39 is 36.3 Å². The second-order valence-electron chi connectivity index (χ2n) is 21.3. The zero-order chi connectivity index (χ0) is 57.9. The fourth-order valence-electron chi connectivity index (χ4n) is 9.36. The first-order valence-corrected chi connectivity index (χ1v) is 24.0. The Bertz CT molecular complexity index is 4310. The third kappa shape index (κ3) is 8.60. The zero-order valence-electron chi connectivity index (χ0n) is 51.5. The molecule has 3 aromatic heterocycles. The molecule has 0 fully saturated rings. The first-order valence-electron chi connectivity index (χ1n) is 29.0. The van der Waals surface area contributed by atoms with Crippen LogP contribution in [0, 0.1) is 6.33 Å². The predicted octanol–water partition coefficient (Wildman–Crippen LogP) is 16.9. The molecule has 3 heterocycles. The van der Waals surface area contributed by atoms with Crippen LogP contribution in [0.1, 0.15) is 92.7 Å². The molecule has 0 spiro atoms. The van der Waals surface area contributed by atoms with Crippen molar-refractivity contribution < 1.29 is 23.0 Å². The summed E-state index contributed by atoms with van der Waals surface area (Å²) in [6, 6.07) is 38.9. The Morgan fingerprint density at radius 3 is 1.83 bits per heavy atom. The van der Waals surface area contributed by atoms with Crippen molar-refractivity contribution in [2.75, 3.05) is 0 Å². The van der Waals surface area contributed by atoms with Gasteiger partial charge in [-0.05, 0) is 121 Å². The van der Waals surface area contributed by atoms with E-state index in [1.165, 1.54) is 0 Å². The molecule has 0 N–H and O–H groups in total. The summed E-state index contributed by atoms with van der Waals surface area (Å²) in [7, 11) is 0. The summed E-state index contributed by atoms with van der Waals surface area (Å²) < 4.78 is 101. The Labute approximate surface area is 432 Å². The second-order valence-corrected chi connectivity index (χ2v) is 21.3. The SMILES string of the molecule is [2H]c1c([2H])c([2H])c(-c2ccc3c(c2)n(-c2cccc(Oc4ccc5c6ccccc6n(-c6cc(C(C)(C)C)ccn6)c5c4)c2)[c-][n+]3-c2c(-c3cc(C(C)(C)C)cc(C(C)(C)C)c3)cccc2-c2c([2H])c([2H])c([2H])c([2H])c2[2H])c([2H])c1[2H]. The summed E-state index contributed by atoms with van der Waals surface area (Å²) in [5.74, 6) is 1.84. The number of imidazole rings is 1. The first kappa shape index (κ1) is 35.1. The lowest BCUT2D eigenvalue weighted by Crippen LogP contribution is -2.31. The molecular formula is C66H60N4O. The Morgan fingerprint density at radius 1 is 0.493 bits per heavy atom. The maximum atomic E-state index is 9.33. The number of aromatic nitrogens is 4. The Morgan fingerprint density at radius 2 is 1.13 bits per heavy atom. The predicted molar refractivity (Wildman–Crippen MR) is 295 cm³/mol. The van der Waals surface area contributed by atoms with Crippen molar-refractivity contribution in [1.82, 2.24) is 14.1 Å². The van der Waals surface area contributed by atoms with E-state index in [0.717, 1.165) is 49.9 Å². The van der Waals surface area contributed by atoms with Crippen LogP contribution >= 0.6 is 0 Å². The molecule has 11 aromatic rings. The molecule has 8 aromatic carbocycles. The van der Waals surface area contributed by atoms with E-state index in [9.17, 15) is 2.74 Å². The van der Waals surface area contributed by atoms with Crippen molar-refractivity contribution in [3.05, 3.63) is 223 Å². The van der Waals surface area contributed by atoms with E-state index in [2.05, 4.69) is 122 Å². The van der Waals surface area contributed by atoms with Gasteiger partial charge in [-0.2, -0.15) is 0 Å². The molecule has 0 amide bonds. The highest BCUT2D eigenvalue weighted by Crippen LogP contribution is 2.41. The van der Waals surface area contributed by atoms with Gasteiger partial charge in [-0.15, -0.1) is 0 Å². The lowest BCUT2D eigenvalue weighted by atomic mass is 9.78. The van der Waals surface area contributed by atoms with Gasteiger partial charge in [-0.1, -0.05) is 196 Å². The zero-order valence-corrected chi connectivity index (χ0v) is 41.5. The average molecular weight is 935 g/mol. The number of pyridine rings is 1. The highest BCUT2D eigenvalue weighted by Gasteiger charge is 2.25. The number of para-hydroxylation sites is 2.